The monoisotopic (exact) mass is 514 g/mol. The molecule has 1 amide bonds. The summed E-state index contributed by atoms with van der Waals surface area (Å²) < 4.78 is 0. The molecule has 0 radical (unpaired) electrons. The molecular weight excluding hydrogens is 476 g/mol. The topological polar surface area (TPSA) is 108 Å². The average molecular weight is 515 g/mol. The number of carbonyl (C=O) groups excluding carboxylic acids is 1. The van der Waals surface area contributed by atoms with Crippen LogP contribution in [0.3, 0.4) is 0 Å². The van der Waals surface area contributed by atoms with Crippen molar-refractivity contribution in [1.29, 1.82) is 0 Å². The molecule has 1 fully saturated rings. The van der Waals surface area contributed by atoms with Gasteiger partial charge in [-0.1, -0.05) is 37.0 Å². The second-order valence-electron chi connectivity index (χ2n) is 10.1. The highest BCUT2D eigenvalue weighted by atomic mass is 16.5. The van der Waals surface area contributed by atoms with Crippen molar-refractivity contribution in [3.8, 4) is 0 Å². The molecule has 3 atom stereocenters. The number of aromatic nitrogens is 2. The van der Waals surface area contributed by atoms with Gasteiger partial charge in [0.2, 0.25) is 0 Å². The van der Waals surface area contributed by atoms with Crippen LogP contribution in [0.5, 0.6) is 0 Å². The number of rotatable bonds is 10. The van der Waals surface area contributed by atoms with Gasteiger partial charge in [0.15, 0.2) is 6.29 Å². The fourth-order valence-corrected chi connectivity index (χ4v) is 5.29. The molecule has 3 N–H and O–H groups in total. The van der Waals surface area contributed by atoms with E-state index in [9.17, 15) is 15.0 Å². The molecule has 2 aromatic rings. The summed E-state index contributed by atoms with van der Waals surface area (Å²) in [6.45, 7) is 8.09. The lowest BCUT2D eigenvalue weighted by Crippen LogP contribution is -2.46. The number of aryl methyl sites for hydroxylation is 2. The first-order valence-electron chi connectivity index (χ1n) is 13.5. The molecule has 2 aliphatic rings. The van der Waals surface area contributed by atoms with E-state index >= 15 is 0 Å². The zero-order valence-electron chi connectivity index (χ0n) is 22.3. The van der Waals surface area contributed by atoms with E-state index < -0.39 is 6.29 Å². The molecular formula is C31H38N4O3. The fourth-order valence-electron chi connectivity index (χ4n) is 5.29. The average Bonchev–Trinajstić information content (AvgIpc) is 2.90. The number of hydrogen-bond donors (Lipinski definition) is 3. The van der Waals surface area contributed by atoms with Gasteiger partial charge in [-0.2, -0.15) is 0 Å². The van der Waals surface area contributed by atoms with Crippen molar-refractivity contribution >= 4 is 28.7 Å². The minimum absolute atomic E-state index is 0.0585. The van der Waals surface area contributed by atoms with Crippen LogP contribution < -0.4 is 5.32 Å². The number of nitrogens with one attached hydrogen (secondary N) is 1. The van der Waals surface area contributed by atoms with E-state index in [1.165, 1.54) is 0 Å². The first-order valence-corrected chi connectivity index (χ1v) is 13.5. The van der Waals surface area contributed by atoms with Crippen LogP contribution in [-0.2, 0) is 6.42 Å². The van der Waals surface area contributed by atoms with Crippen molar-refractivity contribution in [1.82, 2.24) is 15.3 Å². The number of fused-ring (bicyclic) bond motifs is 2. The van der Waals surface area contributed by atoms with Gasteiger partial charge in [-0.3, -0.25) is 9.79 Å². The third kappa shape index (κ3) is 6.71. The summed E-state index contributed by atoms with van der Waals surface area (Å²) in [5.74, 6) is 0.132. The lowest BCUT2D eigenvalue weighted by Gasteiger charge is -2.36. The largest absolute Gasteiger partial charge is 0.368 e. The number of allylic oxidation sites excluding steroid dienone is 6. The molecule has 1 aliphatic heterocycles. The number of hydrogen-bond acceptors (Lipinski definition) is 6. The van der Waals surface area contributed by atoms with Gasteiger partial charge < -0.3 is 15.5 Å². The van der Waals surface area contributed by atoms with Crippen molar-refractivity contribution in [2.24, 2.45) is 10.9 Å². The normalized spacial score (nSPS) is 21.0. The van der Waals surface area contributed by atoms with Crippen LogP contribution in [0.1, 0.15) is 72.8 Å². The molecule has 7 heteroatoms. The van der Waals surface area contributed by atoms with Gasteiger partial charge in [-0.05, 0) is 88.1 Å². The van der Waals surface area contributed by atoms with Gasteiger partial charge in [0, 0.05) is 23.7 Å². The highest BCUT2D eigenvalue weighted by Gasteiger charge is 2.33. The second kappa shape index (κ2) is 12.9. The maximum Gasteiger partial charge on any atom is 0.251 e. The minimum Gasteiger partial charge on any atom is -0.368 e. The molecule has 3 unspecified atom stereocenters. The van der Waals surface area contributed by atoms with E-state index in [1.54, 1.807) is 0 Å². The van der Waals surface area contributed by atoms with Crippen LogP contribution in [-0.4, -0.2) is 50.7 Å². The Morgan fingerprint density at radius 3 is 2.79 bits per heavy atom. The Bertz CT molecular complexity index is 1290. The molecule has 0 spiro atoms. The summed E-state index contributed by atoms with van der Waals surface area (Å²) in [4.78, 5) is 27.9. The number of unbranched alkanes of at least 4 members (excludes halogenated alkanes) is 1. The molecule has 38 heavy (non-hydrogen) atoms. The summed E-state index contributed by atoms with van der Waals surface area (Å²) in [5.41, 5.74) is 5.09. The lowest BCUT2D eigenvalue weighted by atomic mass is 9.79. The summed E-state index contributed by atoms with van der Waals surface area (Å²) in [6, 6.07) is 4.06. The number of amides is 1. The number of dihydropyridines is 1. The maximum absolute atomic E-state index is 13.4. The third-order valence-corrected chi connectivity index (χ3v) is 7.30. The molecule has 1 aromatic heterocycles. The second-order valence-corrected chi connectivity index (χ2v) is 10.1. The molecule has 7 nitrogen and oxygen atoms in total. The van der Waals surface area contributed by atoms with Crippen LogP contribution in [0.25, 0.3) is 16.6 Å². The number of carbonyl (C=O) groups is 1. The fraction of sp³-hybridized carbons (Fsp3) is 0.419. The first-order chi connectivity index (χ1) is 18.4. The van der Waals surface area contributed by atoms with Gasteiger partial charge in [0.05, 0.1) is 28.5 Å². The Hall–Kier alpha value is -3.42. The van der Waals surface area contributed by atoms with Gasteiger partial charge in [-0.15, -0.1) is 0 Å². The molecule has 1 aromatic carbocycles. The molecule has 1 aliphatic carbocycles. The molecule has 0 bridgehead atoms. The van der Waals surface area contributed by atoms with Crippen LogP contribution >= 0.6 is 0 Å². The lowest BCUT2D eigenvalue weighted by molar-refractivity contribution is -0.0465. The van der Waals surface area contributed by atoms with Crippen LogP contribution in [0.4, 0.5) is 0 Å². The predicted octanol–water partition coefficient (Wildman–Crippen LogP) is 5.01. The standard InChI is InChI=1S/C31H38N4O3/c1-4-5-6-11-20(2)30-26(13-7-8-16-29(36)37)33-28-19-23(21(3)18-27(28)34-30)31(38)35-25-15-9-14-24-22(25)12-10-17-32-24/h4-6,10-12,17-19,22,24-25,29,36-37H,2,7-9,13-16H2,1,3H3,(H,35,38). The summed E-state index contributed by atoms with van der Waals surface area (Å²) in [7, 11) is 0. The predicted molar refractivity (Wildman–Crippen MR) is 153 cm³/mol. The van der Waals surface area contributed by atoms with Crippen molar-refractivity contribution < 1.29 is 15.0 Å². The van der Waals surface area contributed by atoms with Crippen molar-refractivity contribution in [3.05, 3.63) is 77.7 Å². The Labute approximate surface area is 224 Å². The maximum atomic E-state index is 13.4. The molecule has 2 heterocycles. The van der Waals surface area contributed by atoms with E-state index in [4.69, 9.17) is 9.97 Å². The number of nitrogens with zero attached hydrogens (tertiary/aromatic N) is 3. The van der Waals surface area contributed by atoms with E-state index in [0.717, 1.165) is 48.2 Å². The zero-order valence-corrected chi connectivity index (χ0v) is 22.3. The van der Waals surface area contributed by atoms with E-state index in [1.807, 2.05) is 62.6 Å². The van der Waals surface area contributed by atoms with Crippen molar-refractivity contribution in [2.75, 3.05) is 0 Å². The number of benzene rings is 1. The highest BCUT2D eigenvalue weighted by Crippen LogP contribution is 2.31. The number of aliphatic hydroxyl groups is 2. The smallest absolute Gasteiger partial charge is 0.251 e. The van der Waals surface area contributed by atoms with E-state index in [-0.39, 0.29) is 23.9 Å². The first kappa shape index (κ1) is 27.6. The van der Waals surface area contributed by atoms with Gasteiger partial charge in [-0.25, -0.2) is 9.97 Å². The quantitative estimate of drug-likeness (QED) is 0.235. The Kier molecular flexibility index (Phi) is 9.37. The number of aliphatic imine (C=N–C) groups is 1. The summed E-state index contributed by atoms with van der Waals surface area (Å²) in [5, 5.41) is 21.7. The molecule has 0 saturated heterocycles. The molecule has 200 valence electrons. The van der Waals surface area contributed by atoms with Crippen LogP contribution in [0, 0.1) is 12.8 Å². The molecule has 4 rings (SSSR count). The van der Waals surface area contributed by atoms with E-state index in [2.05, 4.69) is 23.0 Å². The SMILES string of the molecule is C=C(C=CC=CC)c1nc2cc(C)c(C(=O)NC3CCCC4N=CC=CC43)cc2nc1CCCCC(O)O. The summed E-state index contributed by atoms with van der Waals surface area (Å²) in [6.07, 6.45) is 17.8. The van der Waals surface area contributed by atoms with Gasteiger partial charge in [0.1, 0.15) is 0 Å². The highest BCUT2D eigenvalue weighted by molar-refractivity contribution is 5.99. The van der Waals surface area contributed by atoms with Crippen LogP contribution in [0.15, 0.2) is 60.2 Å². The zero-order chi connectivity index (χ0) is 27.1. The Morgan fingerprint density at radius 1 is 1.18 bits per heavy atom. The number of aliphatic hydroxyl groups excluding tert-OH is 1. The third-order valence-electron chi connectivity index (χ3n) is 7.30. The van der Waals surface area contributed by atoms with Crippen molar-refractivity contribution in [2.45, 2.75) is 77.2 Å². The molecule has 1 saturated carbocycles. The van der Waals surface area contributed by atoms with Crippen LogP contribution in [0.2, 0.25) is 0 Å². The van der Waals surface area contributed by atoms with Crippen molar-refractivity contribution in [3.63, 3.8) is 0 Å². The summed E-state index contributed by atoms with van der Waals surface area (Å²) >= 11 is 0. The minimum atomic E-state index is -1.31. The Balaban J connectivity index is 1.62. The van der Waals surface area contributed by atoms with Gasteiger partial charge in [0.25, 0.3) is 5.91 Å². The Morgan fingerprint density at radius 2 is 2.00 bits per heavy atom. The van der Waals surface area contributed by atoms with E-state index in [0.29, 0.717) is 35.9 Å². The van der Waals surface area contributed by atoms with Gasteiger partial charge >= 0.3 is 0 Å².